The van der Waals surface area contributed by atoms with Gasteiger partial charge in [0.1, 0.15) is 5.75 Å². The zero-order valence-electron chi connectivity index (χ0n) is 11.0. The number of benzene rings is 1. The Morgan fingerprint density at radius 1 is 1.44 bits per heavy atom. The van der Waals surface area contributed by atoms with E-state index in [-0.39, 0.29) is 10.7 Å². The lowest BCUT2D eigenvalue weighted by Crippen LogP contribution is -2.29. The number of amides is 1. The maximum absolute atomic E-state index is 11.3. The molecule has 0 heterocycles. The van der Waals surface area contributed by atoms with Crippen molar-refractivity contribution in [2.45, 2.75) is 25.5 Å². The summed E-state index contributed by atoms with van der Waals surface area (Å²) in [5.41, 5.74) is 2.60. The normalized spacial score (nSPS) is 11.1. The molecule has 0 bridgehead atoms. The maximum Gasteiger partial charge on any atom is 0.265 e. The molecule has 18 heavy (non-hydrogen) atoms. The average Bonchev–Trinajstić information content (AvgIpc) is 2.33. The summed E-state index contributed by atoms with van der Waals surface area (Å²) in [5.74, 6) is 6.36. The van der Waals surface area contributed by atoms with Crippen LogP contribution in [0, 0.1) is 0 Å². The molecule has 1 amide bonds. The molecule has 0 fully saturated rings. The number of hydrazine groups is 1. The van der Waals surface area contributed by atoms with Crippen molar-refractivity contribution in [2.24, 2.45) is 5.84 Å². The minimum atomic E-state index is -0.315. The lowest BCUT2D eigenvalue weighted by atomic mass is 10.2. The van der Waals surface area contributed by atoms with Crippen LogP contribution in [-0.2, 0) is 0 Å². The summed E-state index contributed by atoms with van der Waals surface area (Å²) in [7, 11) is 0. The third-order valence-corrected chi connectivity index (χ3v) is 3.35. The fourth-order valence-corrected chi connectivity index (χ4v) is 2.10. The van der Waals surface area contributed by atoms with E-state index in [9.17, 15) is 4.79 Å². The Morgan fingerprint density at radius 3 is 2.78 bits per heavy atom. The molecule has 0 aliphatic rings. The van der Waals surface area contributed by atoms with E-state index in [2.05, 4.69) is 26.2 Å². The minimum absolute atomic E-state index is 0.241. The third-order valence-electron chi connectivity index (χ3n) is 2.11. The predicted octanol–water partition coefficient (Wildman–Crippen LogP) is 2.20. The molecule has 1 rings (SSSR count). The molecule has 1 aromatic carbocycles. The monoisotopic (exact) mass is 268 g/mol. The van der Waals surface area contributed by atoms with Crippen LogP contribution in [0.4, 0.5) is 0 Å². The lowest BCUT2D eigenvalue weighted by Gasteiger charge is -2.17. The van der Waals surface area contributed by atoms with Crippen molar-refractivity contribution < 1.29 is 9.53 Å². The summed E-state index contributed by atoms with van der Waals surface area (Å²) in [4.78, 5) is 11.3. The summed E-state index contributed by atoms with van der Waals surface area (Å²) in [5, 5.41) is 0. The zero-order valence-corrected chi connectivity index (χ0v) is 11.8. The molecular weight excluding hydrogens is 248 g/mol. The molecule has 1 aromatic rings. The molecule has 0 aromatic heterocycles. The second-order valence-corrected chi connectivity index (χ2v) is 6.73. The number of rotatable bonds is 5. The number of hydrogen-bond donors (Lipinski definition) is 2. The predicted molar refractivity (Wildman–Crippen MR) is 75.8 cm³/mol. The summed E-state index contributed by atoms with van der Waals surface area (Å²) in [6.07, 6.45) is 0. The van der Waals surface area contributed by atoms with Gasteiger partial charge < -0.3 is 4.74 Å². The van der Waals surface area contributed by atoms with Gasteiger partial charge in [-0.1, -0.05) is 26.8 Å². The Kier molecular flexibility index (Phi) is 5.50. The number of carbonyl (C=O) groups is 1. The van der Waals surface area contributed by atoms with Crippen LogP contribution < -0.4 is 16.0 Å². The van der Waals surface area contributed by atoms with E-state index in [1.165, 1.54) is 0 Å². The first kappa shape index (κ1) is 14.9. The van der Waals surface area contributed by atoms with Crippen molar-refractivity contribution in [3.63, 3.8) is 0 Å². The largest absolute Gasteiger partial charge is 0.493 e. The van der Waals surface area contributed by atoms with Crippen molar-refractivity contribution >= 4 is 17.7 Å². The van der Waals surface area contributed by atoms with Crippen LogP contribution in [0.2, 0.25) is 0 Å². The van der Waals surface area contributed by atoms with Gasteiger partial charge in [-0.05, 0) is 18.2 Å². The van der Waals surface area contributed by atoms with Gasteiger partial charge in [-0.15, -0.1) is 0 Å². The highest BCUT2D eigenvalue weighted by atomic mass is 32.2. The first-order chi connectivity index (χ1) is 8.42. The van der Waals surface area contributed by atoms with E-state index in [0.29, 0.717) is 17.9 Å². The molecule has 100 valence electrons. The fourth-order valence-electron chi connectivity index (χ4n) is 1.32. The number of thioether (sulfide) groups is 1. The highest BCUT2D eigenvalue weighted by Crippen LogP contribution is 2.23. The van der Waals surface area contributed by atoms with Gasteiger partial charge in [-0.25, -0.2) is 5.84 Å². The van der Waals surface area contributed by atoms with Crippen molar-refractivity contribution in [2.75, 3.05) is 12.4 Å². The molecule has 5 heteroatoms. The highest BCUT2D eigenvalue weighted by Gasteiger charge is 2.10. The molecule has 0 radical (unpaired) electrons. The summed E-state index contributed by atoms with van der Waals surface area (Å²) < 4.78 is 5.84. The van der Waals surface area contributed by atoms with Crippen molar-refractivity contribution in [1.82, 2.24) is 5.43 Å². The van der Waals surface area contributed by atoms with E-state index >= 15 is 0 Å². The number of nitrogen functional groups attached to an aromatic ring is 1. The van der Waals surface area contributed by atoms with Crippen LogP contribution in [0.25, 0.3) is 0 Å². The number of nitrogens with two attached hydrogens (primary N) is 1. The van der Waals surface area contributed by atoms with Crippen molar-refractivity contribution in [1.29, 1.82) is 0 Å². The molecule has 0 aliphatic carbocycles. The Labute approximate surface area is 112 Å². The fraction of sp³-hybridized carbons (Fsp3) is 0.462. The second kappa shape index (κ2) is 6.66. The van der Waals surface area contributed by atoms with Crippen molar-refractivity contribution in [3.8, 4) is 5.75 Å². The topological polar surface area (TPSA) is 64.3 Å². The second-order valence-electron chi connectivity index (χ2n) is 4.81. The SMILES string of the molecule is CC(C)(C)SCCOc1cccc(C(=O)NN)c1. The number of nitrogens with one attached hydrogen (secondary N) is 1. The summed E-state index contributed by atoms with van der Waals surface area (Å²) in [6.45, 7) is 7.13. The van der Waals surface area contributed by atoms with Crippen LogP contribution >= 0.6 is 11.8 Å². The van der Waals surface area contributed by atoms with Gasteiger partial charge >= 0.3 is 0 Å². The first-order valence-corrected chi connectivity index (χ1v) is 6.79. The number of ether oxygens (including phenoxy) is 1. The van der Waals surface area contributed by atoms with Gasteiger partial charge in [-0.2, -0.15) is 11.8 Å². The Balaban J connectivity index is 2.45. The Hall–Kier alpha value is -1.20. The van der Waals surface area contributed by atoms with Gasteiger partial charge in [-0.3, -0.25) is 10.2 Å². The first-order valence-electron chi connectivity index (χ1n) is 5.80. The van der Waals surface area contributed by atoms with E-state index in [4.69, 9.17) is 10.6 Å². The van der Waals surface area contributed by atoms with Gasteiger partial charge in [0.15, 0.2) is 0 Å². The molecule has 0 aliphatic heterocycles. The van der Waals surface area contributed by atoms with Crippen LogP contribution in [0.15, 0.2) is 24.3 Å². The van der Waals surface area contributed by atoms with E-state index in [1.807, 2.05) is 17.8 Å². The molecule has 0 unspecified atom stereocenters. The lowest BCUT2D eigenvalue weighted by molar-refractivity contribution is 0.0953. The zero-order chi connectivity index (χ0) is 13.6. The van der Waals surface area contributed by atoms with Crippen LogP contribution in [0.5, 0.6) is 5.75 Å². The van der Waals surface area contributed by atoms with Crippen LogP contribution in [0.3, 0.4) is 0 Å². The maximum atomic E-state index is 11.3. The average molecular weight is 268 g/mol. The standard InChI is InChI=1S/C13H20N2O2S/c1-13(2,3)18-8-7-17-11-6-4-5-10(9-11)12(16)15-14/h4-6,9H,7-8,14H2,1-3H3,(H,15,16). The van der Waals surface area contributed by atoms with E-state index in [1.54, 1.807) is 18.2 Å². The number of hydrogen-bond acceptors (Lipinski definition) is 4. The van der Waals surface area contributed by atoms with Gasteiger partial charge in [0.25, 0.3) is 5.91 Å². The van der Waals surface area contributed by atoms with Gasteiger partial charge in [0.05, 0.1) is 6.61 Å². The van der Waals surface area contributed by atoms with Crippen molar-refractivity contribution in [3.05, 3.63) is 29.8 Å². The van der Waals surface area contributed by atoms with Crippen LogP contribution in [-0.4, -0.2) is 23.0 Å². The minimum Gasteiger partial charge on any atom is -0.493 e. The molecule has 4 nitrogen and oxygen atoms in total. The Morgan fingerprint density at radius 2 is 2.17 bits per heavy atom. The quantitative estimate of drug-likeness (QED) is 0.372. The molecule has 0 saturated carbocycles. The number of carbonyl (C=O) groups excluding carboxylic acids is 1. The summed E-state index contributed by atoms with van der Waals surface area (Å²) in [6, 6.07) is 6.98. The third kappa shape index (κ3) is 5.42. The Bertz CT molecular complexity index is 402. The molecule has 0 saturated heterocycles. The summed E-state index contributed by atoms with van der Waals surface area (Å²) >= 11 is 1.84. The van der Waals surface area contributed by atoms with Gasteiger partial charge in [0.2, 0.25) is 0 Å². The highest BCUT2D eigenvalue weighted by molar-refractivity contribution is 8.00. The molecular formula is C13H20N2O2S. The molecule has 0 atom stereocenters. The van der Waals surface area contributed by atoms with Crippen LogP contribution in [0.1, 0.15) is 31.1 Å². The van der Waals surface area contributed by atoms with Gasteiger partial charge in [0, 0.05) is 16.1 Å². The molecule has 0 spiro atoms. The van der Waals surface area contributed by atoms with E-state index in [0.717, 1.165) is 5.75 Å². The van der Waals surface area contributed by atoms with E-state index < -0.39 is 0 Å². The smallest absolute Gasteiger partial charge is 0.265 e. The molecule has 3 N–H and O–H groups in total.